The molecule has 3 heteroatoms. The molecular formula is C28H46O3. The zero-order valence-electron chi connectivity index (χ0n) is 20.6. The number of carbonyl (C=O) groups excluding carboxylic acids is 1. The summed E-state index contributed by atoms with van der Waals surface area (Å²) in [6.45, 7) is 15.9. The number of aliphatic hydroxyl groups excluding tert-OH is 1. The van der Waals surface area contributed by atoms with Crippen LogP contribution < -0.4 is 0 Å². The van der Waals surface area contributed by atoms with Crippen molar-refractivity contribution in [2.75, 3.05) is 0 Å². The summed E-state index contributed by atoms with van der Waals surface area (Å²) in [6, 6.07) is 0. The molecule has 4 rings (SSSR count). The van der Waals surface area contributed by atoms with E-state index >= 15 is 0 Å². The van der Waals surface area contributed by atoms with E-state index in [-0.39, 0.29) is 17.6 Å². The Morgan fingerprint density at radius 2 is 1.81 bits per heavy atom. The molecule has 176 valence electrons. The van der Waals surface area contributed by atoms with E-state index in [9.17, 15) is 15.0 Å². The number of aliphatic hydroxyl groups is 2. The smallest absolute Gasteiger partial charge is 0.165 e. The Labute approximate surface area is 190 Å². The van der Waals surface area contributed by atoms with Crippen molar-refractivity contribution in [2.45, 2.75) is 111 Å². The monoisotopic (exact) mass is 430 g/mol. The van der Waals surface area contributed by atoms with Gasteiger partial charge in [0.05, 0.1) is 6.10 Å². The highest BCUT2D eigenvalue weighted by atomic mass is 16.3. The zero-order valence-corrected chi connectivity index (χ0v) is 20.6. The fourth-order valence-electron chi connectivity index (χ4n) is 8.90. The minimum Gasteiger partial charge on any atom is -0.393 e. The lowest BCUT2D eigenvalue weighted by Gasteiger charge is -2.63. The average Bonchev–Trinajstić information content (AvgIpc) is 3.05. The number of allylic oxidation sites excluding steroid dienone is 1. The van der Waals surface area contributed by atoms with Crippen LogP contribution in [0, 0.1) is 46.3 Å². The third-order valence-corrected chi connectivity index (χ3v) is 11.1. The van der Waals surface area contributed by atoms with Crippen LogP contribution in [-0.2, 0) is 4.79 Å². The van der Waals surface area contributed by atoms with Gasteiger partial charge in [-0.05, 0) is 92.3 Å². The van der Waals surface area contributed by atoms with Crippen LogP contribution in [0.1, 0.15) is 98.8 Å². The Bertz CT molecular complexity index is 728. The van der Waals surface area contributed by atoms with Crippen molar-refractivity contribution in [3.63, 3.8) is 0 Å². The third-order valence-electron chi connectivity index (χ3n) is 11.1. The first kappa shape index (κ1) is 23.5. The van der Waals surface area contributed by atoms with E-state index in [1.54, 1.807) is 0 Å². The lowest BCUT2D eigenvalue weighted by atomic mass is 9.42. The van der Waals surface area contributed by atoms with Gasteiger partial charge in [-0.15, -0.1) is 0 Å². The van der Waals surface area contributed by atoms with Crippen LogP contribution in [0.2, 0.25) is 0 Å². The van der Waals surface area contributed by atoms with Gasteiger partial charge in [-0.25, -0.2) is 0 Å². The first-order valence-electron chi connectivity index (χ1n) is 13.1. The molecule has 0 spiro atoms. The van der Waals surface area contributed by atoms with Crippen molar-refractivity contribution in [3.8, 4) is 0 Å². The highest BCUT2D eigenvalue weighted by molar-refractivity contribution is 5.89. The quantitative estimate of drug-likeness (QED) is 0.532. The first-order chi connectivity index (χ1) is 14.4. The molecule has 0 aliphatic heterocycles. The van der Waals surface area contributed by atoms with E-state index < -0.39 is 11.7 Å². The van der Waals surface area contributed by atoms with Gasteiger partial charge in [0.15, 0.2) is 5.78 Å². The molecule has 0 saturated heterocycles. The molecule has 31 heavy (non-hydrogen) atoms. The van der Waals surface area contributed by atoms with Crippen LogP contribution in [-0.4, -0.2) is 27.7 Å². The summed E-state index contributed by atoms with van der Waals surface area (Å²) >= 11 is 0. The van der Waals surface area contributed by atoms with E-state index in [0.717, 1.165) is 31.6 Å². The Hall–Kier alpha value is -0.670. The van der Waals surface area contributed by atoms with Gasteiger partial charge in [-0.1, -0.05) is 46.8 Å². The van der Waals surface area contributed by atoms with Crippen LogP contribution in [0.4, 0.5) is 0 Å². The number of ketones is 1. The van der Waals surface area contributed by atoms with Crippen molar-refractivity contribution in [3.05, 3.63) is 12.2 Å². The maximum absolute atomic E-state index is 13.3. The van der Waals surface area contributed by atoms with Gasteiger partial charge >= 0.3 is 0 Å². The average molecular weight is 431 g/mol. The first-order valence-corrected chi connectivity index (χ1v) is 13.1. The fraction of sp³-hybridized carbons (Fsp3) is 0.893. The van der Waals surface area contributed by atoms with E-state index in [2.05, 4.69) is 41.2 Å². The van der Waals surface area contributed by atoms with Crippen molar-refractivity contribution < 1.29 is 15.0 Å². The molecule has 9 atom stereocenters. The minimum atomic E-state index is -1.32. The summed E-state index contributed by atoms with van der Waals surface area (Å²) in [5.41, 5.74) is 0.00815. The fourth-order valence-corrected chi connectivity index (χ4v) is 8.90. The van der Waals surface area contributed by atoms with Gasteiger partial charge in [0.25, 0.3) is 0 Å². The maximum Gasteiger partial charge on any atom is 0.165 e. The SMILES string of the molecule is C=C(CC[C@@H](C)[C@H]1CC[C@H]2[C@@H]3CC(=O)[C@@]4(O)C[C@@H](O)CC[C@]4(C)[C@H]3CC[C@]12C)C(C)C. The molecule has 0 unspecified atom stereocenters. The Morgan fingerprint density at radius 3 is 2.48 bits per heavy atom. The van der Waals surface area contributed by atoms with Crippen LogP contribution in [0.5, 0.6) is 0 Å². The maximum atomic E-state index is 13.3. The van der Waals surface area contributed by atoms with Gasteiger partial charge in [-0.3, -0.25) is 4.79 Å². The summed E-state index contributed by atoms with van der Waals surface area (Å²) in [5, 5.41) is 21.8. The molecule has 3 nitrogen and oxygen atoms in total. The molecule has 0 radical (unpaired) electrons. The molecule has 4 aliphatic carbocycles. The Morgan fingerprint density at radius 1 is 1.10 bits per heavy atom. The number of carbonyl (C=O) groups is 1. The van der Waals surface area contributed by atoms with Gasteiger partial charge in [0.1, 0.15) is 5.60 Å². The van der Waals surface area contributed by atoms with E-state index in [1.165, 1.54) is 31.3 Å². The van der Waals surface area contributed by atoms with Gasteiger partial charge in [0.2, 0.25) is 0 Å². The van der Waals surface area contributed by atoms with Crippen LogP contribution in [0.3, 0.4) is 0 Å². The molecule has 0 bridgehead atoms. The number of rotatable bonds is 5. The molecule has 0 amide bonds. The van der Waals surface area contributed by atoms with Gasteiger partial charge in [-0.2, -0.15) is 0 Å². The van der Waals surface area contributed by atoms with Crippen molar-refractivity contribution >= 4 is 5.78 Å². The number of Topliss-reactive ketones (excluding diaryl/α,β-unsaturated/α-hetero) is 1. The van der Waals surface area contributed by atoms with Crippen LogP contribution >= 0.6 is 0 Å². The highest BCUT2D eigenvalue weighted by Gasteiger charge is 2.67. The third kappa shape index (κ3) is 3.48. The molecule has 4 fully saturated rings. The zero-order chi connectivity index (χ0) is 22.8. The number of hydrogen-bond donors (Lipinski definition) is 2. The largest absolute Gasteiger partial charge is 0.393 e. The lowest BCUT2D eigenvalue weighted by Crippen LogP contribution is -2.67. The van der Waals surface area contributed by atoms with Crippen LogP contribution in [0.25, 0.3) is 0 Å². The predicted molar refractivity (Wildman–Crippen MR) is 125 cm³/mol. The second-order valence-electron chi connectivity index (χ2n) is 12.7. The summed E-state index contributed by atoms with van der Waals surface area (Å²) in [6.07, 6.45) is 8.96. The minimum absolute atomic E-state index is 0.0176. The number of hydrogen-bond acceptors (Lipinski definition) is 3. The predicted octanol–water partition coefficient (Wildman–Crippen LogP) is 5.93. The van der Waals surface area contributed by atoms with Gasteiger partial charge < -0.3 is 10.2 Å². The van der Waals surface area contributed by atoms with Gasteiger partial charge in [0, 0.05) is 18.3 Å². The Balaban J connectivity index is 1.54. The molecule has 0 aromatic heterocycles. The topological polar surface area (TPSA) is 57.5 Å². The molecule has 4 saturated carbocycles. The number of fused-ring (bicyclic) bond motifs is 5. The molecule has 0 aromatic rings. The molecule has 2 N–H and O–H groups in total. The van der Waals surface area contributed by atoms with Crippen LogP contribution in [0.15, 0.2) is 12.2 Å². The molecule has 0 aromatic carbocycles. The molecule has 4 aliphatic rings. The Kier molecular flexibility index (Phi) is 6.04. The molecule has 0 heterocycles. The van der Waals surface area contributed by atoms with E-state index in [0.29, 0.717) is 41.4 Å². The summed E-state index contributed by atoms with van der Waals surface area (Å²) in [5.74, 6) is 3.43. The highest BCUT2D eigenvalue weighted by Crippen LogP contribution is 2.68. The molecular weight excluding hydrogens is 384 g/mol. The van der Waals surface area contributed by atoms with E-state index in [4.69, 9.17) is 0 Å². The summed E-state index contributed by atoms with van der Waals surface area (Å²) < 4.78 is 0. The van der Waals surface area contributed by atoms with Crippen molar-refractivity contribution in [1.82, 2.24) is 0 Å². The van der Waals surface area contributed by atoms with Crippen molar-refractivity contribution in [2.24, 2.45) is 46.3 Å². The summed E-state index contributed by atoms with van der Waals surface area (Å²) in [7, 11) is 0. The standard InChI is InChI=1S/C28H46O3/c1-17(2)18(3)7-8-19(4)22-9-10-23-21-15-25(30)28(31)16-20(29)11-14-27(28,6)24(21)12-13-26(22,23)5/h17,19-24,29,31H,3,7-16H2,1-2,4-6H3/t19-,20+,21+,22-,23+,24+,26-,27-,28+/m1/s1. The normalized spacial score (nSPS) is 48.1. The van der Waals surface area contributed by atoms with Crippen molar-refractivity contribution in [1.29, 1.82) is 0 Å². The van der Waals surface area contributed by atoms with E-state index in [1.807, 2.05) is 0 Å². The lowest BCUT2D eigenvalue weighted by molar-refractivity contribution is -0.213. The second-order valence-corrected chi connectivity index (χ2v) is 12.7. The summed E-state index contributed by atoms with van der Waals surface area (Å²) in [4.78, 5) is 13.3. The second kappa shape index (κ2) is 7.97.